The van der Waals surface area contributed by atoms with E-state index in [4.69, 9.17) is 23.2 Å². The lowest BCUT2D eigenvalue weighted by Crippen LogP contribution is -2.49. The lowest BCUT2D eigenvalue weighted by Gasteiger charge is -2.46. The fraction of sp³-hybridized carbons (Fsp3) is 0.917. The number of hydrogen-bond acceptors (Lipinski definition) is 2. The average molecular weight is 265 g/mol. The second kappa shape index (κ2) is 4.83. The number of fused-ring (bicyclic) bond motifs is 1. The van der Waals surface area contributed by atoms with Crippen molar-refractivity contribution in [3.8, 4) is 0 Å². The largest absolute Gasteiger partial charge is 0.393 e. The monoisotopic (exact) mass is 264 g/mol. The summed E-state index contributed by atoms with van der Waals surface area (Å²) in [7, 11) is 0. The van der Waals surface area contributed by atoms with Crippen LogP contribution in [0.4, 0.5) is 0 Å². The van der Waals surface area contributed by atoms with E-state index in [1.807, 2.05) is 0 Å². The van der Waals surface area contributed by atoms with Gasteiger partial charge in [0.2, 0.25) is 0 Å². The number of hydrogen-bond donors (Lipinski definition) is 1. The van der Waals surface area contributed by atoms with Crippen LogP contribution in [-0.2, 0) is 4.79 Å². The number of ketones is 1. The maximum Gasteiger partial charge on any atom is 0.136 e. The molecule has 0 radical (unpaired) electrons. The highest BCUT2D eigenvalue weighted by Crippen LogP contribution is 2.47. The van der Waals surface area contributed by atoms with Crippen LogP contribution in [0.25, 0.3) is 0 Å². The van der Waals surface area contributed by atoms with Gasteiger partial charge in [0.25, 0.3) is 0 Å². The van der Waals surface area contributed by atoms with Crippen LogP contribution in [0.2, 0.25) is 0 Å². The van der Waals surface area contributed by atoms with Gasteiger partial charge in [0.15, 0.2) is 0 Å². The fourth-order valence-corrected chi connectivity index (χ4v) is 4.06. The van der Waals surface area contributed by atoms with Crippen molar-refractivity contribution in [2.24, 2.45) is 23.7 Å². The normalized spacial score (nSPS) is 44.6. The van der Waals surface area contributed by atoms with Crippen molar-refractivity contribution in [1.82, 2.24) is 0 Å². The highest BCUT2D eigenvalue weighted by molar-refractivity contribution is 6.44. The van der Waals surface area contributed by atoms with Gasteiger partial charge in [0, 0.05) is 18.3 Å². The van der Waals surface area contributed by atoms with Crippen molar-refractivity contribution < 1.29 is 9.90 Å². The number of aliphatic hydroxyl groups excluding tert-OH is 1. The Morgan fingerprint density at radius 1 is 1.31 bits per heavy atom. The highest BCUT2D eigenvalue weighted by Gasteiger charge is 2.48. The van der Waals surface area contributed by atoms with Gasteiger partial charge in [0.1, 0.15) is 10.6 Å². The number of halogens is 2. The van der Waals surface area contributed by atoms with E-state index >= 15 is 0 Å². The molecular weight excluding hydrogens is 247 g/mol. The van der Waals surface area contributed by atoms with Crippen LogP contribution < -0.4 is 0 Å². The summed E-state index contributed by atoms with van der Waals surface area (Å²) >= 11 is 12.0. The molecule has 1 N–H and O–H groups in total. The van der Waals surface area contributed by atoms with E-state index in [1.165, 1.54) is 0 Å². The van der Waals surface area contributed by atoms with Gasteiger partial charge in [-0.2, -0.15) is 0 Å². The van der Waals surface area contributed by atoms with Gasteiger partial charge >= 0.3 is 0 Å². The minimum Gasteiger partial charge on any atom is -0.393 e. The maximum atomic E-state index is 12.0. The molecule has 92 valence electrons. The molecule has 2 aliphatic rings. The van der Waals surface area contributed by atoms with Gasteiger partial charge in [-0.1, -0.05) is 6.92 Å². The smallest absolute Gasteiger partial charge is 0.136 e. The minimum absolute atomic E-state index is 0.0231. The topological polar surface area (TPSA) is 37.3 Å². The molecule has 0 amide bonds. The molecule has 0 aromatic rings. The molecule has 5 unspecified atom stereocenters. The van der Waals surface area contributed by atoms with E-state index in [9.17, 15) is 9.90 Å². The zero-order chi connectivity index (χ0) is 11.9. The van der Waals surface area contributed by atoms with E-state index in [1.54, 1.807) is 0 Å². The van der Waals surface area contributed by atoms with E-state index < -0.39 is 10.9 Å². The Kier molecular flexibility index (Phi) is 3.82. The zero-order valence-corrected chi connectivity index (χ0v) is 10.9. The van der Waals surface area contributed by atoms with Crippen LogP contribution in [0.1, 0.15) is 32.6 Å². The number of aliphatic hydroxyl groups is 1. The second-order valence-corrected chi connectivity index (χ2v) is 6.39. The van der Waals surface area contributed by atoms with Gasteiger partial charge in [-0.25, -0.2) is 0 Å². The molecule has 2 saturated carbocycles. The Morgan fingerprint density at radius 2 is 2.00 bits per heavy atom. The van der Waals surface area contributed by atoms with Gasteiger partial charge in [-0.15, -0.1) is 23.2 Å². The molecule has 0 bridgehead atoms. The third-order valence-corrected chi connectivity index (χ3v) is 4.95. The number of carbonyl (C=O) groups is 1. The molecule has 0 aliphatic heterocycles. The van der Waals surface area contributed by atoms with E-state index in [0.29, 0.717) is 24.5 Å². The Bertz CT molecular complexity index is 280. The van der Waals surface area contributed by atoms with Gasteiger partial charge in [-0.05, 0) is 31.1 Å². The number of alkyl halides is 2. The Hall–Kier alpha value is 0.210. The third kappa shape index (κ3) is 2.12. The average Bonchev–Trinajstić information content (AvgIpc) is 2.23. The lowest BCUT2D eigenvalue weighted by atomic mass is 9.60. The standard InChI is InChI=1S/C12H18Cl2O2/c1-6-2-3-7(12(13)14)11-9(16)5-4-8(15)10(6)11/h6-7,9-12,16H,2-5H2,1H3. The van der Waals surface area contributed by atoms with E-state index in [2.05, 4.69) is 6.92 Å². The highest BCUT2D eigenvalue weighted by atomic mass is 35.5. The molecule has 0 aromatic heterocycles. The molecule has 2 aliphatic carbocycles. The summed E-state index contributed by atoms with van der Waals surface area (Å²) in [6.45, 7) is 2.10. The van der Waals surface area contributed by atoms with Crippen molar-refractivity contribution in [3.05, 3.63) is 0 Å². The summed E-state index contributed by atoms with van der Waals surface area (Å²) in [6, 6.07) is 0. The molecule has 0 heterocycles. The SMILES string of the molecule is CC1CCC(C(Cl)Cl)C2C(O)CCC(=O)C12. The van der Waals surface area contributed by atoms with Crippen molar-refractivity contribution in [2.45, 2.75) is 43.5 Å². The van der Waals surface area contributed by atoms with Crippen molar-refractivity contribution >= 4 is 29.0 Å². The molecule has 2 rings (SSSR count). The molecule has 16 heavy (non-hydrogen) atoms. The molecular formula is C12H18Cl2O2. The zero-order valence-electron chi connectivity index (χ0n) is 9.40. The van der Waals surface area contributed by atoms with Crippen LogP contribution in [0.15, 0.2) is 0 Å². The van der Waals surface area contributed by atoms with Gasteiger partial charge in [-0.3, -0.25) is 4.79 Å². The third-order valence-electron chi connectivity index (χ3n) is 4.30. The van der Waals surface area contributed by atoms with Gasteiger partial charge in [0.05, 0.1) is 6.10 Å². The first-order chi connectivity index (χ1) is 7.52. The van der Waals surface area contributed by atoms with Crippen molar-refractivity contribution in [2.75, 3.05) is 0 Å². The summed E-state index contributed by atoms with van der Waals surface area (Å²) in [6.07, 6.45) is 2.58. The summed E-state index contributed by atoms with van der Waals surface area (Å²) in [5, 5.41) is 10.1. The second-order valence-electron chi connectivity index (χ2n) is 5.23. The summed E-state index contributed by atoms with van der Waals surface area (Å²) < 4.78 is 0. The van der Waals surface area contributed by atoms with Crippen LogP contribution in [0.3, 0.4) is 0 Å². The van der Waals surface area contributed by atoms with Crippen LogP contribution in [-0.4, -0.2) is 21.8 Å². The Morgan fingerprint density at radius 3 is 2.62 bits per heavy atom. The summed E-state index contributed by atoms with van der Waals surface area (Å²) in [5.41, 5.74) is 0. The van der Waals surface area contributed by atoms with Crippen LogP contribution in [0, 0.1) is 23.7 Å². The fourth-order valence-electron chi connectivity index (χ4n) is 3.47. The molecule has 0 spiro atoms. The van der Waals surface area contributed by atoms with Gasteiger partial charge < -0.3 is 5.11 Å². The van der Waals surface area contributed by atoms with Crippen molar-refractivity contribution in [1.29, 1.82) is 0 Å². The predicted molar refractivity (Wildman–Crippen MR) is 64.6 cm³/mol. The first-order valence-electron chi connectivity index (χ1n) is 6.01. The molecule has 0 saturated heterocycles. The number of Topliss-reactive ketones (excluding diaryl/α,β-unsaturated/α-hetero) is 1. The summed E-state index contributed by atoms with van der Waals surface area (Å²) in [4.78, 5) is 11.5. The van der Waals surface area contributed by atoms with Crippen molar-refractivity contribution in [3.63, 3.8) is 0 Å². The van der Waals surface area contributed by atoms with Crippen LogP contribution >= 0.6 is 23.2 Å². The molecule has 4 heteroatoms. The van der Waals surface area contributed by atoms with Crippen LogP contribution in [0.5, 0.6) is 0 Å². The predicted octanol–water partition coefficient (Wildman–Crippen LogP) is 2.79. The Labute approximate surface area is 106 Å². The Balaban J connectivity index is 2.25. The van der Waals surface area contributed by atoms with E-state index in [0.717, 1.165) is 12.8 Å². The molecule has 2 fully saturated rings. The maximum absolute atomic E-state index is 12.0. The number of carbonyl (C=O) groups excluding carboxylic acids is 1. The first kappa shape index (κ1) is 12.7. The lowest BCUT2D eigenvalue weighted by molar-refractivity contribution is -0.139. The molecule has 2 nitrogen and oxygen atoms in total. The molecule has 5 atom stereocenters. The molecule has 0 aromatic carbocycles. The van der Waals surface area contributed by atoms with E-state index in [-0.39, 0.29) is 17.8 Å². The quantitative estimate of drug-likeness (QED) is 0.740. The first-order valence-corrected chi connectivity index (χ1v) is 6.88. The number of rotatable bonds is 1. The summed E-state index contributed by atoms with van der Waals surface area (Å²) in [5.74, 6) is 0.675. The minimum atomic E-state index is -0.472.